The van der Waals surface area contributed by atoms with Crippen LogP contribution in [0, 0.1) is 0 Å². The van der Waals surface area contributed by atoms with E-state index in [9.17, 15) is 16.4 Å². The topological polar surface area (TPSA) is 0 Å². The molecule has 0 N–H and O–H groups in total. The second-order valence-corrected chi connectivity index (χ2v) is 1.29. The first-order chi connectivity index (χ1) is 2.00. The maximum Gasteiger partial charge on any atom is 0.844 e. The second kappa shape index (κ2) is 2.76. The van der Waals surface area contributed by atoms with Gasteiger partial charge in [0.2, 0.25) is 0 Å². The molecule has 0 fully saturated rings. The molecule has 0 atom stereocenters. The summed E-state index contributed by atoms with van der Waals surface area (Å²) in [7, 11) is -6.61. The first kappa shape index (κ1) is 9.82. The van der Waals surface area contributed by atoms with Gasteiger partial charge in [0, 0.05) is 21.7 Å². The van der Waals surface area contributed by atoms with Gasteiger partial charge in [-0.15, -0.1) is 0 Å². The van der Waals surface area contributed by atoms with E-state index in [0.717, 1.165) is 0 Å². The van der Waals surface area contributed by atoms with Gasteiger partial charge in [-0.25, -0.2) is 16.4 Å². The van der Waals surface area contributed by atoms with Gasteiger partial charge >= 0.3 is 9.41 Å². The van der Waals surface area contributed by atoms with Gasteiger partial charge in [-0.05, 0) is 0 Å². The molecule has 6 heteroatoms. The maximum absolute atomic E-state index is 9.83. The zero-order chi connectivity index (χ0) is 4.50. The Bertz CT molecular complexity index is 23.0. The summed E-state index contributed by atoms with van der Waals surface area (Å²) < 4.78 is 39.3. The summed E-state index contributed by atoms with van der Waals surface area (Å²) in [4.78, 5) is 0. The number of hydrogen-bond donors (Lipinski definition) is 0. The van der Waals surface area contributed by atoms with Crippen molar-refractivity contribution in [1.29, 1.82) is 0 Å². The van der Waals surface area contributed by atoms with Crippen LogP contribution in [0.1, 0.15) is 0 Å². The third-order valence-electron chi connectivity index (χ3n) is 0. The standard InChI is InChI=1S/F4Si.Ti/c1-5(2,3)4;. The molecule has 0 heterocycles. The van der Waals surface area contributed by atoms with Gasteiger partial charge < -0.3 is 0 Å². The van der Waals surface area contributed by atoms with Crippen LogP contribution < -0.4 is 0 Å². The molecule has 0 saturated heterocycles. The van der Waals surface area contributed by atoms with Crippen molar-refractivity contribution >= 4 is 9.41 Å². The Morgan fingerprint density at radius 1 is 0.833 bits per heavy atom. The minimum absolute atomic E-state index is 0. The predicted molar refractivity (Wildman–Crippen MR) is 10.2 cm³/mol. The normalized spacial score (nSPS) is 10.0. The Kier molecular flexibility index (Phi) is 4.52. The van der Waals surface area contributed by atoms with Crippen LogP contribution in [0.25, 0.3) is 0 Å². The molecule has 0 aliphatic heterocycles. The van der Waals surface area contributed by atoms with Crippen LogP contribution in [0.4, 0.5) is 16.4 Å². The second-order valence-electron chi connectivity index (χ2n) is 0.429. The molecule has 0 saturated carbocycles. The van der Waals surface area contributed by atoms with Crippen molar-refractivity contribution in [2.45, 2.75) is 0 Å². The molecular weight excluding hydrogens is 152 g/mol. The van der Waals surface area contributed by atoms with Crippen LogP contribution in [0.15, 0.2) is 0 Å². The Morgan fingerprint density at radius 2 is 0.833 bits per heavy atom. The average molecular weight is 152 g/mol. The average Bonchev–Trinajstić information content (AvgIpc) is 0.722. The van der Waals surface area contributed by atoms with Crippen LogP contribution in [0.5, 0.6) is 0 Å². The summed E-state index contributed by atoms with van der Waals surface area (Å²) in [6.45, 7) is 0. The molecule has 0 aliphatic carbocycles. The summed E-state index contributed by atoms with van der Waals surface area (Å²) in [5.41, 5.74) is 0. The summed E-state index contributed by atoms with van der Waals surface area (Å²) >= 11 is 0. The Morgan fingerprint density at radius 3 is 0.833 bits per heavy atom. The summed E-state index contributed by atoms with van der Waals surface area (Å²) in [5, 5.41) is 0. The molecule has 0 radical (unpaired) electrons. The first-order valence-electron chi connectivity index (χ1n) is 0.756. The number of rotatable bonds is 0. The van der Waals surface area contributed by atoms with E-state index < -0.39 is 9.41 Å². The molecular formula is F4SiTi. The van der Waals surface area contributed by atoms with Gasteiger partial charge in [0.15, 0.2) is 0 Å². The van der Waals surface area contributed by atoms with Gasteiger partial charge in [0.25, 0.3) is 0 Å². The monoisotopic (exact) mass is 152 g/mol. The van der Waals surface area contributed by atoms with E-state index >= 15 is 0 Å². The maximum atomic E-state index is 9.83. The molecule has 0 amide bonds. The molecule has 0 aliphatic rings. The van der Waals surface area contributed by atoms with Crippen molar-refractivity contribution in [2.75, 3.05) is 0 Å². The SMILES string of the molecule is F[Si](F)(F)F.[Ti]. The van der Waals surface area contributed by atoms with Crippen molar-refractivity contribution < 1.29 is 38.1 Å². The van der Waals surface area contributed by atoms with Gasteiger partial charge in [-0.2, -0.15) is 0 Å². The molecule has 6 heavy (non-hydrogen) atoms. The number of hydrogen-bond acceptors (Lipinski definition) is 0. The molecule has 0 aromatic rings. The summed E-state index contributed by atoms with van der Waals surface area (Å²) in [6, 6.07) is 0. The Labute approximate surface area is 48.1 Å². The minimum atomic E-state index is -6.61. The molecule has 0 aromatic heterocycles. The quantitative estimate of drug-likeness (QED) is 0.278. The van der Waals surface area contributed by atoms with E-state index in [4.69, 9.17) is 0 Å². The van der Waals surface area contributed by atoms with E-state index in [2.05, 4.69) is 0 Å². The molecule has 36 valence electrons. The van der Waals surface area contributed by atoms with Crippen LogP contribution in [-0.4, -0.2) is 9.41 Å². The van der Waals surface area contributed by atoms with E-state index in [0.29, 0.717) is 0 Å². The summed E-state index contributed by atoms with van der Waals surface area (Å²) in [6.07, 6.45) is 0. The largest absolute Gasteiger partial charge is 0.844 e. The van der Waals surface area contributed by atoms with Crippen molar-refractivity contribution in [3.05, 3.63) is 0 Å². The van der Waals surface area contributed by atoms with E-state index in [1.165, 1.54) is 0 Å². The fourth-order valence-electron chi connectivity index (χ4n) is 0. The van der Waals surface area contributed by atoms with E-state index in [1.54, 1.807) is 0 Å². The van der Waals surface area contributed by atoms with Gasteiger partial charge in [-0.1, -0.05) is 0 Å². The minimum Gasteiger partial charge on any atom is -0.211 e. The van der Waals surface area contributed by atoms with Crippen molar-refractivity contribution in [1.82, 2.24) is 0 Å². The van der Waals surface area contributed by atoms with Crippen LogP contribution in [0.2, 0.25) is 0 Å². The molecule has 0 bridgehead atoms. The third-order valence-corrected chi connectivity index (χ3v) is 0. The smallest absolute Gasteiger partial charge is 0.211 e. The van der Waals surface area contributed by atoms with Crippen LogP contribution in [-0.2, 0) is 21.7 Å². The van der Waals surface area contributed by atoms with Gasteiger partial charge in [0.05, 0.1) is 0 Å². The zero-order valence-electron chi connectivity index (χ0n) is 2.51. The number of halogens is 4. The van der Waals surface area contributed by atoms with Crippen LogP contribution >= 0.6 is 0 Å². The fraction of sp³-hybridized carbons (Fsp3) is 0. The summed E-state index contributed by atoms with van der Waals surface area (Å²) in [5.74, 6) is 0. The van der Waals surface area contributed by atoms with E-state index in [-0.39, 0.29) is 21.7 Å². The Hall–Kier alpha value is 0.651. The molecule has 0 spiro atoms. The fourth-order valence-corrected chi connectivity index (χ4v) is 0. The molecule has 0 nitrogen and oxygen atoms in total. The third kappa shape index (κ3) is 146. The van der Waals surface area contributed by atoms with Crippen LogP contribution in [0.3, 0.4) is 0 Å². The predicted octanol–water partition coefficient (Wildman–Crippen LogP) is 1.30. The Balaban J connectivity index is 0. The molecule has 0 unspecified atom stereocenters. The first-order valence-corrected chi connectivity index (χ1v) is 2.27. The van der Waals surface area contributed by atoms with Gasteiger partial charge in [-0.3, -0.25) is 0 Å². The zero-order valence-corrected chi connectivity index (χ0v) is 5.07. The molecule has 0 aromatic carbocycles. The van der Waals surface area contributed by atoms with E-state index in [1.807, 2.05) is 0 Å². The van der Waals surface area contributed by atoms with Gasteiger partial charge in [0.1, 0.15) is 0 Å². The molecule has 0 rings (SSSR count). The van der Waals surface area contributed by atoms with Crippen molar-refractivity contribution in [2.24, 2.45) is 0 Å². The van der Waals surface area contributed by atoms with Crippen molar-refractivity contribution in [3.63, 3.8) is 0 Å². The van der Waals surface area contributed by atoms with Crippen molar-refractivity contribution in [3.8, 4) is 0 Å².